The van der Waals surface area contributed by atoms with Crippen LogP contribution in [0, 0.1) is 0 Å². The molecule has 2 aromatic carbocycles. The van der Waals surface area contributed by atoms with Crippen molar-refractivity contribution in [1.29, 1.82) is 0 Å². The summed E-state index contributed by atoms with van der Waals surface area (Å²) in [6.07, 6.45) is 1.50. The van der Waals surface area contributed by atoms with Crippen molar-refractivity contribution in [3.63, 3.8) is 0 Å². The van der Waals surface area contributed by atoms with Crippen LogP contribution in [0.2, 0.25) is 15.1 Å². The number of carbonyl (C=O) groups excluding carboxylic acids is 2. The second-order valence-corrected chi connectivity index (χ2v) is 7.15. The van der Waals surface area contributed by atoms with E-state index >= 15 is 0 Å². The van der Waals surface area contributed by atoms with Gasteiger partial charge in [0.25, 0.3) is 0 Å². The molecule has 29 heavy (non-hydrogen) atoms. The van der Waals surface area contributed by atoms with Gasteiger partial charge in [-0.25, -0.2) is 0 Å². The van der Waals surface area contributed by atoms with Gasteiger partial charge in [-0.3, -0.25) is 14.6 Å². The molecule has 0 saturated carbocycles. The predicted molar refractivity (Wildman–Crippen MR) is 114 cm³/mol. The maximum atomic E-state index is 11.9. The van der Waals surface area contributed by atoms with Crippen molar-refractivity contribution in [1.82, 2.24) is 5.32 Å². The van der Waals surface area contributed by atoms with Crippen molar-refractivity contribution in [2.24, 2.45) is 4.99 Å². The van der Waals surface area contributed by atoms with Crippen molar-refractivity contribution in [3.8, 4) is 0 Å². The molecule has 0 atom stereocenters. The highest BCUT2D eigenvalue weighted by Gasteiger charge is 2.14. The van der Waals surface area contributed by atoms with Crippen LogP contribution in [0.1, 0.15) is 11.5 Å². The number of benzene rings is 2. The van der Waals surface area contributed by atoms with Gasteiger partial charge < -0.3 is 15.1 Å². The van der Waals surface area contributed by atoms with E-state index in [-0.39, 0.29) is 6.54 Å². The minimum atomic E-state index is -0.807. The number of hydrogen-bond acceptors (Lipinski definition) is 4. The van der Waals surface area contributed by atoms with Gasteiger partial charge in [-0.05, 0) is 48.5 Å². The van der Waals surface area contributed by atoms with Gasteiger partial charge in [-0.2, -0.15) is 0 Å². The van der Waals surface area contributed by atoms with Gasteiger partial charge in [-0.1, -0.05) is 40.9 Å². The maximum Gasteiger partial charge on any atom is 0.313 e. The van der Waals surface area contributed by atoms with E-state index in [4.69, 9.17) is 39.2 Å². The first kappa shape index (κ1) is 20.9. The summed E-state index contributed by atoms with van der Waals surface area (Å²) in [5.74, 6) is -0.684. The monoisotopic (exact) mass is 449 g/mol. The van der Waals surface area contributed by atoms with E-state index < -0.39 is 11.8 Å². The number of nitrogens with zero attached hydrogens (tertiary/aromatic N) is 1. The second kappa shape index (κ2) is 9.60. The summed E-state index contributed by atoms with van der Waals surface area (Å²) in [5.41, 5.74) is 1.00. The van der Waals surface area contributed by atoms with Gasteiger partial charge in [0, 0.05) is 20.8 Å². The van der Waals surface area contributed by atoms with Crippen LogP contribution < -0.4 is 10.6 Å². The molecule has 1 heterocycles. The normalized spacial score (nSPS) is 10.9. The summed E-state index contributed by atoms with van der Waals surface area (Å²) in [7, 11) is 0. The lowest BCUT2D eigenvalue weighted by atomic mass is 10.3. The summed E-state index contributed by atoms with van der Waals surface area (Å²) < 4.78 is 5.55. The fourth-order valence-corrected chi connectivity index (χ4v) is 3.02. The van der Waals surface area contributed by atoms with Gasteiger partial charge >= 0.3 is 11.8 Å². The third-order valence-electron chi connectivity index (χ3n) is 3.58. The summed E-state index contributed by atoms with van der Waals surface area (Å²) in [4.78, 5) is 28.1. The van der Waals surface area contributed by atoms with Crippen molar-refractivity contribution < 1.29 is 14.0 Å². The molecule has 0 spiro atoms. The van der Waals surface area contributed by atoms with Crippen molar-refractivity contribution in [3.05, 3.63) is 81.2 Å². The Hall–Kier alpha value is -2.80. The third kappa shape index (κ3) is 6.35. The van der Waals surface area contributed by atoms with Crippen LogP contribution in [0.5, 0.6) is 0 Å². The van der Waals surface area contributed by atoms with E-state index in [0.717, 1.165) is 0 Å². The van der Waals surface area contributed by atoms with E-state index in [9.17, 15) is 9.59 Å². The minimum Gasteiger partial charge on any atom is -0.458 e. The largest absolute Gasteiger partial charge is 0.458 e. The van der Waals surface area contributed by atoms with Crippen LogP contribution >= 0.6 is 34.8 Å². The Morgan fingerprint density at radius 2 is 1.69 bits per heavy atom. The lowest BCUT2D eigenvalue weighted by Crippen LogP contribution is -2.34. The zero-order chi connectivity index (χ0) is 20.8. The smallest absolute Gasteiger partial charge is 0.313 e. The van der Waals surface area contributed by atoms with E-state index in [0.29, 0.717) is 38.0 Å². The van der Waals surface area contributed by atoms with E-state index in [1.54, 1.807) is 48.5 Å². The minimum absolute atomic E-state index is 0.0403. The highest BCUT2D eigenvalue weighted by atomic mass is 35.5. The number of furan rings is 1. The van der Waals surface area contributed by atoms with E-state index in [1.807, 2.05) is 0 Å². The first-order chi connectivity index (χ1) is 13.9. The molecule has 0 aliphatic carbocycles. The molecule has 6 nitrogen and oxygen atoms in total. The fourth-order valence-electron chi connectivity index (χ4n) is 2.31. The van der Waals surface area contributed by atoms with Gasteiger partial charge in [0.15, 0.2) is 0 Å². The Morgan fingerprint density at radius 1 is 0.931 bits per heavy atom. The molecule has 9 heteroatoms. The summed E-state index contributed by atoms with van der Waals surface area (Å²) in [5, 5.41) is 6.34. The van der Waals surface area contributed by atoms with Crippen LogP contribution in [-0.2, 0) is 16.1 Å². The third-order valence-corrected chi connectivity index (χ3v) is 4.25. The standard InChI is InChI=1S/C20H14Cl3N3O3/c21-12-2-1-3-15(7-12)26-20(28)19(27)25-11-18-5-4-17(29-18)10-24-16-8-13(22)6-14(23)9-16/h1-10H,11H2,(H,25,27)(H,26,28). The van der Waals surface area contributed by atoms with Crippen LogP contribution in [0.25, 0.3) is 0 Å². The number of aliphatic imine (C=N–C) groups is 1. The number of rotatable bonds is 5. The SMILES string of the molecule is O=C(NCc1ccc(C=Nc2cc(Cl)cc(Cl)c2)o1)C(=O)Nc1cccc(Cl)c1. The molecule has 0 unspecified atom stereocenters. The molecule has 0 aliphatic rings. The molecular weight excluding hydrogens is 437 g/mol. The predicted octanol–water partition coefficient (Wildman–Crippen LogP) is 5.25. The fraction of sp³-hybridized carbons (Fsp3) is 0.0500. The van der Waals surface area contributed by atoms with Crippen molar-refractivity contribution >= 4 is 64.2 Å². The molecule has 3 rings (SSSR count). The number of anilines is 1. The highest BCUT2D eigenvalue weighted by molar-refractivity contribution is 6.39. The summed E-state index contributed by atoms with van der Waals surface area (Å²) in [6, 6.07) is 14.8. The number of nitrogens with one attached hydrogen (secondary N) is 2. The van der Waals surface area contributed by atoms with E-state index in [2.05, 4.69) is 15.6 Å². The number of amides is 2. The molecule has 2 amide bonds. The van der Waals surface area contributed by atoms with E-state index in [1.165, 1.54) is 12.3 Å². The molecule has 0 fully saturated rings. The van der Waals surface area contributed by atoms with Crippen molar-refractivity contribution in [2.45, 2.75) is 6.54 Å². The summed E-state index contributed by atoms with van der Waals surface area (Å²) >= 11 is 17.7. The lowest BCUT2D eigenvalue weighted by Gasteiger charge is -2.05. The molecule has 0 saturated heterocycles. The Kier molecular flexibility index (Phi) is 6.93. The zero-order valence-electron chi connectivity index (χ0n) is 14.8. The quantitative estimate of drug-likeness (QED) is 0.411. The Labute approximate surface area is 181 Å². The molecule has 1 aromatic heterocycles. The molecule has 0 aliphatic heterocycles. The molecule has 0 bridgehead atoms. The van der Waals surface area contributed by atoms with Gasteiger partial charge in [0.2, 0.25) is 0 Å². The average molecular weight is 451 g/mol. The number of halogens is 3. The molecule has 3 aromatic rings. The molecule has 0 radical (unpaired) electrons. The Bertz CT molecular complexity index is 1060. The lowest BCUT2D eigenvalue weighted by molar-refractivity contribution is -0.136. The second-order valence-electron chi connectivity index (χ2n) is 5.84. The topological polar surface area (TPSA) is 83.7 Å². The zero-order valence-corrected chi connectivity index (χ0v) is 17.1. The molecular formula is C20H14Cl3N3O3. The van der Waals surface area contributed by atoms with Gasteiger partial charge in [-0.15, -0.1) is 0 Å². The van der Waals surface area contributed by atoms with Gasteiger partial charge in [0.05, 0.1) is 18.4 Å². The van der Waals surface area contributed by atoms with Crippen molar-refractivity contribution in [2.75, 3.05) is 5.32 Å². The highest BCUT2D eigenvalue weighted by Crippen LogP contribution is 2.24. The van der Waals surface area contributed by atoms with Crippen LogP contribution in [-0.4, -0.2) is 18.0 Å². The number of carbonyl (C=O) groups is 2. The number of hydrogen-bond donors (Lipinski definition) is 2. The average Bonchev–Trinajstić information content (AvgIpc) is 3.11. The molecule has 2 N–H and O–H groups in total. The van der Waals surface area contributed by atoms with Crippen LogP contribution in [0.4, 0.5) is 11.4 Å². The molecule has 148 valence electrons. The summed E-state index contributed by atoms with van der Waals surface area (Å²) in [6.45, 7) is 0.0403. The first-order valence-corrected chi connectivity index (χ1v) is 9.46. The van der Waals surface area contributed by atoms with Crippen LogP contribution in [0.3, 0.4) is 0 Å². The first-order valence-electron chi connectivity index (χ1n) is 8.33. The van der Waals surface area contributed by atoms with Gasteiger partial charge in [0.1, 0.15) is 11.5 Å². The Balaban J connectivity index is 1.53. The van der Waals surface area contributed by atoms with Crippen LogP contribution in [0.15, 0.2) is 64.0 Å². The maximum absolute atomic E-state index is 11.9. The Morgan fingerprint density at radius 3 is 2.41 bits per heavy atom.